The number of benzene rings is 7. The summed E-state index contributed by atoms with van der Waals surface area (Å²) in [5.74, 6) is 0.669. The van der Waals surface area contributed by atoms with E-state index in [0.717, 1.165) is 39.2 Å². The van der Waals surface area contributed by atoms with Crippen LogP contribution >= 0.6 is 11.3 Å². The van der Waals surface area contributed by atoms with E-state index in [0.29, 0.717) is 5.82 Å². The maximum absolute atomic E-state index is 5.30. The van der Waals surface area contributed by atoms with Crippen molar-refractivity contribution in [2.75, 3.05) is 0 Å². The standard InChI is InChI=1S/C45H30N2S/c1-3-28(4-2)45-46-39(29-14-6-5-7-15-29)27-40(47-45)43-31(24-25-42-44(43)37-20-12-13-21-41(37)48-42)30-22-23-36-34-18-9-8-16-32(34)33-17-10-11-19-35(33)38(36)26-30/h3-27H,1H2,2H3/b28-4+. The van der Waals surface area contributed by atoms with Crippen LogP contribution in [-0.2, 0) is 0 Å². The molecule has 0 aliphatic carbocycles. The Morgan fingerprint density at radius 1 is 0.542 bits per heavy atom. The largest absolute Gasteiger partial charge is 0.228 e. The molecule has 0 unspecified atom stereocenters. The Balaban J connectivity index is 1.40. The quantitative estimate of drug-likeness (QED) is 0.140. The highest BCUT2D eigenvalue weighted by Crippen LogP contribution is 2.46. The molecule has 3 heteroatoms. The molecule has 48 heavy (non-hydrogen) atoms. The van der Waals surface area contributed by atoms with Crippen LogP contribution in [0.3, 0.4) is 0 Å². The van der Waals surface area contributed by atoms with E-state index in [1.54, 1.807) is 0 Å². The first-order chi connectivity index (χ1) is 23.7. The molecule has 2 nitrogen and oxygen atoms in total. The summed E-state index contributed by atoms with van der Waals surface area (Å²) in [6.07, 6.45) is 3.87. The van der Waals surface area contributed by atoms with Crippen LogP contribution in [0.1, 0.15) is 12.7 Å². The molecule has 0 amide bonds. The minimum absolute atomic E-state index is 0.669. The summed E-state index contributed by atoms with van der Waals surface area (Å²) >= 11 is 1.83. The lowest BCUT2D eigenvalue weighted by atomic mass is 9.89. The van der Waals surface area contributed by atoms with Crippen molar-refractivity contribution < 1.29 is 0 Å². The Kier molecular flexibility index (Phi) is 6.74. The molecule has 9 aromatic rings. The highest BCUT2D eigenvalue weighted by molar-refractivity contribution is 7.26. The SMILES string of the molecule is C=C/C(=C\C)c1nc(-c2ccccc2)cc(-c2c(-c3ccc4c5ccccc5c5ccccc5c4c3)ccc3sc4ccccc4c23)n1. The zero-order valence-corrected chi connectivity index (χ0v) is 27.3. The lowest BCUT2D eigenvalue weighted by Crippen LogP contribution is -1.99. The number of hydrogen-bond acceptors (Lipinski definition) is 3. The summed E-state index contributed by atoms with van der Waals surface area (Å²) in [7, 11) is 0. The lowest BCUT2D eigenvalue weighted by Gasteiger charge is -2.16. The maximum atomic E-state index is 5.30. The van der Waals surface area contributed by atoms with Gasteiger partial charge in [0.2, 0.25) is 0 Å². The van der Waals surface area contributed by atoms with Crippen molar-refractivity contribution >= 4 is 69.4 Å². The van der Waals surface area contributed by atoms with Crippen molar-refractivity contribution in [2.24, 2.45) is 0 Å². The molecule has 226 valence electrons. The second-order valence-corrected chi connectivity index (χ2v) is 13.2. The highest BCUT2D eigenvalue weighted by Gasteiger charge is 2.21. The van der Waals surface area contributed by atoms with Crippen molar-refractivity contribution in [3.63, 3.8) is 0 Å². The first kappa shape index (κ1) is 28.3. The van der Waals surface area contributed by atoms with Gasteiger partial charge in [0.1, 0.15) is 0 Å². The third-order valence-corrected chi connectivity index (χ3v) is 10.6. The Labute approximate surface area is 283 Å². The van der Waals surface area contributed by atoms with E-state index in [-0.39, 0.29) is 0 Å². The molecule has 0 radical (unpaired) electrons. The molecule has 0 bridgehead atoms. The first-order valence-electron chi connectivity index (χ1n) is 16.2. The zero-order valence-electron chi connectivity index (χ0n) is 26.4. The lowest BCUT2D eigenvalue weighted by molar-refractivity contribution is 1.13. The van der Waals surface area contributed by atoms with Gasteiger partial charge in [0.05, 0.1) is 11.4 Å². The number of rotatable bonds is 5. The fourth-order valence-electron chi connectivity index (χ4n) is 7.20. The topological polar surface area (TPSA) is 25.8 Å². The van der Waals surface area contributed by atoms with Crippen LogP contribution < -0.4 is 0 Å². The van der Waals surface area contributed by atoms with Gasteiger partial charge in [-0.15, -0.1) is 11.3 Å². The first-order valence-corrected chi connectivity index (χ1v) is 17.1. The molecule has 0 atom stereocenters. The van der Waals surface area contributed by atoms with Gasteiger partial charge in [0.15, 0.2) is 5.82 Å². The fraction of sp³-hybridized carbons (Fsp3) is 0.0222. The van der Waals surface area contributed by atoms with Crippen molar-refractivity contribution in [3.8, 4) is 33.6 Å². The van der Waals surface area contributed by atoms with Crippen molar-refractivity contribution in [3.05, 3.63) is 164 Å². The van der Waals surface area contributed by atoms with Crippen LogP contribution in [0, 0.1) is 0 Å². The summed E-state index contributed by atoms with van der Waals surface area (Å²) in [6, 6.07) is 50.3. The van der Waals surface area contributed by atoms with Gasteiger partial charge in [-0.25, -0.2) is 9.97 Å². The van der Waals surface area contributed by atoms with Crippen molar-refractivity contribution in [1.29, 1.82) is 0 Å². The number of nitrogens with zero attached hydrogens (tertiary/aromatic N) is 2. The average Bonchev–Trinajstić information content (AvgIpc) is 3.54. The monoisotopic (exact) mass is 630 g/mol. The molecule has 0 fully saturated rings. The number of thiophene rings is 1. The minimum atomic E-state index is 0.669. The molecule has 0 N–H and O–H groups in total. The molecule has 0 saturated carbocycles. The van der Waals surface area contributed by atoms with Gasteiger partial charge >= 0.3 is 0 Å². The smallest absolute Gasteiger partial charge is 0.160 e. The van der Waals surface area contributed by atoms with E-state index in [1.165, 1.54) is 52.5 Å². The molecule has 0 aliphatic rings. The van der Waals surface area contributed by atoms with Gasteiger partial charge in [0, 0.05) is 36.9 Å². The number of fused-ring (bicyclic) bond motifs is 9. The summed E-state index contributed by atoms with van der Waals surface area (Å²) in [5.41, 5.74) is 7.16. The maximum Gasteiger partial charge on any atom is 0.160 e. The van der Waals surface area contributed by atoms with Crippen LogP contribution in [-0.4, -0.2) is 9.97 Å². The Hall–Kier alpha value is -5.90. The van der Waals surface area contributed by atoms with E-state index in [2.05, 4.69) is 140 Å². The predicted molar refractivity (Wildman–Crippen MR) is 208 cm³/mol. The average molecular weight is 631 g/mol. The molecule has 0 saturated heterocycles. The van der Waals surface area contributed by atoms with Crippen LogP contribution in [0.25, 0.3) is 91.7 Å². The molecule has 2 aromatic heterocycles. The van der Waals surface area contributed by atoms with Crippen LogP contribution in [0.4, 0.5) is 0 Å². The third-order valence-electron chi connectivity index (χ3n) is 9.44. The fourth-order valence-corrected chi connectivity index (χ4v) is 8.31. The molecule has 7 aromatic carbocycles. The van der Waals surface area contributed by atoms with Crippen LogP contribution in [0.5, 0.6) is 0 Å². The van der Waals surface area contributed by atoms with Crippen molar-refractivity contribution in [1.82, 2.24) is 9.97 Å². The molecule has 0 aliphatic heterocycles. The van der Waals surface area contributed by atoms with Gasteiger partial charge in [-0.1, -0.05) is 134 Å². The second kappa shape index (κ2) is 11.4. The summed E-state index contributed by atoms with van der Waals surface area (Å²) in [5, 5.41) is 10.1. The minimum Gasteiger partial charge on any atom is -0.228 e. The highest BCUT2D eigenvalue weighted by atomic mass is 32.1. The molecule has 2 heterocycles. The molecule has 0 spiro atoms. The van der Waals surface area contributed by atoms with E-state index in [4.69, 9.17) is 9.97 Å². The van der Waals surface area contributed by atoms with Crippen molar-refractivity contribution in [2.45, 2.75) is 6.92 Å². The van der Waals surface area contributed by atoms with Gasteiger partial charge < -0.3 is 0 Å². The normalized spacial score (nSPS) is 12.1. The van der Waals surface area contributed by atoms with Crippen LogP contribution in [0.2, 0.25) is 0 Å². The van der Waals surface area contributed by atoms with Gasteiger partial charge in [-0.05, 0) is 74.6 Å². The van der Waals surface area contributed by atoms with E-state index in [1.807, 2.05) is 36.5 Å². The van der Waals surface area contributed by atoms with Gasteiger partial charge in [-0.3, -0.25) is 0 Å². The molecule has 9 rings (SSSR count). The Morgan fingerprint density at radius 3 is 1.83 bits per heavy atom. The van der Waals surface area contributed by atoms with E-state index < -0.39 is 0 Å². The number of hydrogen-bond donors (Lipinski definition) is 0. The summed E-state index contributed by atoms with van der Waals surface area (Å²) < 4.78 is 2.50. The Morgan fingerprint density at radius 2 is 1.15 bits per heavy atom. The third kappa shape index (κ3) is 4.47. The summed E-state index contributed by atoms with van der Waals surface area (Å²) in [6.45, 7) is 6.10. The van der Waals surface area contributed by atoms with Gasteiger partial charge in [-0.2, -0.15) is 0 Å². The second-order valence-electron chi connectivity index (χ2n) is 12.1. The van der Waals surface area contributed by atoms with E-state index >= 15 is 0 Å². The Bertz CT molecular complexity index is 2720. The number of allylic oxidation sites excluding steroid dienone is 3. The number of aromatic nitrogens is 2. The van der Waals surface area contributed by atoms with Crippen LogP contribution in [0.15, 0.2) is 158 Å². The molecular formula is C45H30N2S. The molecular weight excluding hydrogens is 601 g/mol. The van der Waals surface area contributed by atoms with Gasteiger partial charge in [0.25, 0.3) is 0 Å². The summed E-state index contributed by atoms with van der Waals surface area (Å²) in [4.78, 5) is 10.4. The predicted octanol–water partition coefficient (Wildman–Crippen LogP) is 12.9. The van der Waals surface area contributed by atoms with E-state index in [9.17, 15) is 0 Å². The zero-order chi connectivity index (χ0) is 32.2.